The monoisotopic (exact) mass is 336 g/mol. The van der Waals surface area contributed by atoms with Crippen LogP contribution in [0, 0.1) is 69.0 Å². The predicted molar refractivity (Wildman–Crippen MR) is 78.6 cm³/mol. The fourth-order valence-electron chi connectivity index (χ4n) is 2.48. The molecule has 1 aromatic heterocycles. The molecule has 0 saturated carbocycles. The van der Waals surface area contributed by atoms with Crippen molar-refractivity contribution < 1.29 is 13.3 Å². The first kappa shape index (κ1) is 15.5. The second-order valence-corrected chi connectivity index (χ2v) is 5.40. The van der Waals surface area contributed by atoms with Gasteiger partial charge in [0.1, 0.15) is 15.8 Å². The van der Waals surface area contributed by atoms with Gasteiger partial charge in [-0.05, 0) is 23.7 Å². The molecule has 0 fully saturated rings. The van der Waals surface area contributed by atoms with Crippen LogP contribution in [0.5, 0.6) is 0 Å². The van der Waals surface area contributed by atoms with E-state index in [0.717, 1.165) is 0 Å². The first-order valence-corrected chi connectivity index (χ1v) is 6.78. The molecule has 0 aliphatic carbocycles. The Hall–Kier alpha value is -3.44. The maximum Gasteiger partial charge on any atom is 0.511 e. The smallest absolute Gasteiger partial charge is 0.511 e. The fraction of sp³-hybridized carbons (Fsp3) is 0.333. The third kappa shape index (κ3) is 1.56. The van der Waals surface area contributed by atoms with Gasteiger partial charge >= 0.3 is 22.3 Å². The number of nitrogens with zero attached hydrogens (tertiary/aromatic N) is 6. The Morgan fingerprint density at radius 1 is 0.667 bits per heavy atom. The molecule has 2 aliphatic heterocycles. The molecule has 3 heterocycles. The van der Waals surface area contributed by atoms with Crippen LogP contribution in [0.2, 0.25) is 0 Å². The van der Waals surface area contributed by atoms with Crippen molar-refractivity contribution in [3.63, 3.8) is 0 Å². The molecule has 0 bridgehead atoms. The highest BCUT2D eigenvalue weighted by molar-refractivity contribution is 5.54. The number of rotatable bonds is 0. The van der Waals surface area contributed by atoms with E-state index in [4.69, 9.17) is 0 Å². The summed E-state index contributed by atoms with van der Waals surface area (Å²) in [6.45, 7) is 5.15. The third-order valence-electron chi connectivity index (χ3n) is 4.20. The second-order valence-electron chi connectivity index (χ2n) is 5.40. The molecule has 0 aromatic carbocycles. The van der Waals surface area contributed by atoms with Crippen LogP contribution >= 0.6 is 0 Å². The molecule has 0 radical (unpaired) electrons. The van der Waals surface area contributed by atoms with E-state index in [9.17, 15) is 30.3 Å². The van der Waals surface area contributed by atoms with Crippen LogP contribution in [0.4, 0.5) is 0 Å². The zero-order valence-electron chi connectivity index (χ0n) is 13.1. The molecule has 1 aromatic rings. The number of fused-ring (bicyclic) bond motifs is 1. The topological polar surface area (TPSA) is 153 Å². The van der Waals surface area contributed by atoms with Gasteiger partial charge in [0.15, 0.2) is 5.69 Å². The van der Waals surface area contributed by atoms with Crippen molar-refractivity contribution in [2.24, 2.45) is 0 Å². The Morgan fingerprint density at radius 2 is 1.12 bits per heavy atom. The summed E-state index contributed by atoms with van der Waals surface area (Å²) in [5.74, 6) is 0. The normalized spacial score (nSPS) is 11.5. The van der Waals surface area contributed by atoms with E-state index in [1.54, 1.807) is 0 Å². The van der Waals surface area contributed by atoms with E-state index in [0.29, 0.717) is 0 Å². The summed E-state index contributed by atoms with van der Waals surface area (Å²) in [5, 5.41) is 36.8. The van der Waals surface area contributed by atoms with E-state index < -0.39 is 22.3 Å². The van der Waals surface area contributed by atoms with Crippen molar-refractivity contribution in [3.8, 4) is 0 Å². The molecular weight excluding hydrogens is 324 g/mol. The molecular formula is C12H12N6O6. The highest BCUT2D eigenvalue weighted by atomic mass is 16.5. The first-order chi connectivity index (χ1) is 11.1. The van der Waals surface area contributed by atoms with Gasteiger partial charge < -0.3 is 15.6 Å². The van der Waals surface area contributed by atoms with Gasteiger partial charge in [0.2, 0.25) is 5.69 Å². The van der Waals surface area contributed by atoms with Gasteiger partial charge in [-0.1, -0.05) is 4.91 Å². The van der Waals surface area contributed by atoms with Gasteiger partial charge in [-0.15, -0.1) is 0 Å². The molecule has 0 saturated heterocycles. The van der Waals surface area contributed by atoms with Gasteiger partial charge in [0.05, 0.1) is 4.43 Å². The summed E-state index contributed by atoms with van der Waals surface area (Å²) < 4.78 is 0.0183. The van der Waals surface area contributed by atoms with Gasteiger partial charge in [-0.25, -0.2) is 0 Å². The highest BCUT2D eigenvalue weighted by Gasteiger charge is 2.34. The SMILES string of the molecule is Cc1c(C)n([O-])c2[n+](=O)c3c(n([O-])c(C)c(C)[n+]3=O)[n+](=O)c=2n1[O-]. The van der Waals surface area contributed by atoms with Crippen LogP contribution in [-0.4, -0.2) is 14.2 Å². The largest absolute Gasteiger partial charge is 0.742 e. The fourth-order valence-corrected chi connectivity index (χ4v) is 2.48. The van der Waals surface area contributed by atoms with E-state index in [2.05, 4.69) is 0 Å². The lowest BCUT2D eigenvalue weighted by molar-refractivity contribution is -0.618. The standard InChI is InChI=1S/C12H12N6O6/c1-5-6(2)14(20)10-9(13(5)19)17(23)11-12(18(10)24)16(22)8(4)7(3)15(11)21/h1-4H3. The molecule has 12 heteroatoms. The van der Waals surface area contributed by atoms with Crippen LogP contribution in [0.3, 0.4) is 0 Å². The lowest BCUT2D eigenvalue weighted by Gasteiger charge is -2.13. The Kier molecular flexibility index (Phi) is 2.92. The summed E-state index contributed by atoms with van der Waals surface area (Å²) in [6.07, 6.45) is 0. The van der Waals surface area contributed by atoms with Crippen LogP contribution in [-0.2, 0) is 0 Å². The van der Waals surface area contributed by atoms with Crippen molar-refractivity contribution >= 4 is 11.3 Å². The Bertz CT molecular complexity index is 1280. The summed E-state index contributed by atoms with van der Waals surface area (Å²) >= 11 is 0. The number of hydrogen-bond donors (Lipinski definition) is 0. The van der Waals surface area contributed by atoms with E-state index in [1.165, 1.54) is 27.7 Å². The molecule has 2 aliphatic rings. The minimum absolute atomic E-state index is 0.0875. The zero-order valence-corrected chi connectivity index (χ0v) is 13.1. The summed E-state index contributed by atoms with van der Waals surface area (Å²) in [6, 6.07) is 0. The molecule has 12 nitrogen and oxygen atoms in total. The predicted octanol–water partition coefficient (Wildman–Crippen LogP) is -1.02. The van der Waals surface area contributed by atoms with E-state index in [-0.39, 0.29) is 50.2 Å². The third-order valence-corrected chi connectivity index (χ3v) is 4.20. The van der Waals surface area contributed by atoms with Gasteiger partial charge in [-0.3, -0.25) is 9.46 Å². The zero-order chi connectivity index (χ0) is 18.1. The average Bonchev–Trinajstić information content (AvgIpc) is 2.55. The lowest BCUT2D eigenvalue weighted by atomic mass is 10.3. The Morgan fingerprint density at radius 3 is 1.62 bits per heavy atom. The van der Waals surface area contributed by atoms with Crippen LogP contribution in [0.15, 0.2) is 0 Å². The number of hydrogen-bond acceptors (Lipinski definition) is 6. The maximum absolute atomic E-state index is 12.5. The molecule has 0 N–H and O–H groups in total. The average molecular weight is 336 g/mol. The quantitative estimate of drug-likeness (QED) is 0.479. The van der Waals surface area contributed by atoms with Crippen LogP contribution in [0.25, 0.3) is 11.3 Å². The molecule has 0 amide bonds. The van der Waals surface area contributed by atoms with Crippen molar-refractivity contribution in [2.45, 2.75) is 27.7 Å². The van der Waals surface area contributed by atoms with Crippen LogP contribution in [0.1, 0.15) is 22.8 Å². The van der Waals surface area contributed by atoms with Crippen molar-refractivity contribution in [2.75, 3.05) is 0 Å². The maximum atomic E-state index is 12.5. The van der Waals surface area contributed by atoms with Gasteiger partial charge in [-0.2, -0.15) is 4.73 Å². The van der Waals surface area contributed by atoms with Crippen molar-refractivity contribution in [1.29, 1.82) is 0 Å². The summed E-state index contributed by atoms with van der Waals surface area (Å²) in [4.78, 5) is 37.3. The molecule has 0 unspecified atom stereocenters. The van der Waals surface area contributed by atoms with Gasteiger partial charge in [0.25, 0.3) is 0 Å². The van der Waals surface area contributed by atoms with E-state index in [1.807, 2.05) is 0 Å². The summed E-state index contributed by atoms with van der Waals surface area (Å²) in [7, 11) is 0. The Balaban J connectivity index is 2.99. The van der Waals surface area contributed by atoms with Crippen molar-refractivity contribution in [1.82, 2.24) is 14.2 Å². The Labute approximate surface area is 131 Å². The number of aromatic nitrogens is 6. The minimum atomic E-state index is -0.872. The minimum Gasteiger partial charge on any atom is -0.742 e. The van der Waals surface area contributed by atoms with Crippen LogP contribution < -0.4 is 13.3 Å². The van der Waals surface area contributed by atoms with Gasteiger partial charge in [0, 0.05) is 18.3 Å². The molecule has 0 atom stereocenters. The molecule has 0 spiro atoms. The molecule has 126 valence electrons. The summed E-state index contributed by atoms with van der Waals surface area (Å²) in [5.41, 5.74) is -3.94. The lowest BCUT2D eigenvalue weighted by Crippen LogP contribution is -2.44. The molecule has 3 rings (SSSR count). The molecule has 24 heavy (non-hydrogen) atoms. The van der Waals surface area contributed by atoms with E-state index >= 15 is 0 Å². The second kappa shape index (κ2) is 4.53. The highest BCUT2D eigenvalue weighted by Crippen LogP contribution is 2.09. The van der Waals surface area contributed by atoms with Crippen molar-refractivity contribution in [3.05, 3.63) is 64.1 Å². The first-order valence-electron chi connectivity index (χ1n) is 6.78.